The Labute approximate surface area is 209 Å². The van der Waals surface area contributed by atoms with Gasteiger partial charge in [0.1, 0.15) is 18.1 Å². The molecule has 0 aromatic heterocycles. The van der Waals surface area contributed by atoms with Crippen molar-refractivity contribution in [3.63, 3.8) is 0 Å². The Bertz CT molecular complexity index is 1030. The molecule has 1 saturated heterocycles. The van der Waals surface area contributed by atoms with E-state index in [4.69, 9.17) is 0 Å². The van der Waals surface area contributed by atoms with Crippen LogP contribution < -0.4 is 21.3 Å². The first-order valence-corrected chi connectivity index (χ1v) is 11.9. The van der Waals surface area contributed by atoms with Crippen LogP contribution in [0.3, 0.4) is 0 Å². The number of aliphatic hydroxyl groups is 1. The van der Waals surface area contributed by atoms with E-state index in [1.54, 1.807) is 48.5 Å². The zero-order valence-corrected chi connectivity index (χ0v) is 19.9. The minimum atomic E-state index is -1.26. The van der Waals surface area contributed by atoms with Crippen LogP contribution in [0.25, 0.3) is 0 Å². The second-order valence-corrected chi connectivity index (χ2v) is 8.73. The average Bonchev–Trinajstić information content (AvgIpc) is 3.43. The summed E-state index contributed by atoms with van der Waals surface area (Å²) >= 11 is 0. The number of aliphatic hydroxyl groups excluding tert-OH is 1. The van der Waals surface area contributed by atoms with Crippen LogP contribution >= 0.6 is 0 Å². The first-order valence-electron chi connectivity index (χ1n) is 11.9. The van der Waals surface area contributed by atoms with Crippen LogP contribution in [0.5, 0.6) is 0 Å². The Morgan fingerprint density at radius 3 is 1.83 bits per heavy atom. The topological polar surface area (TPSA) is 157 Å². The summed E-state index contributed by atoms with van der Waals surface area (Å²) in [4.78, 5) is 50.4. The molecule has 3 rings (SSSR count). The van der Waals surface area contributed by atoms with Crippen molar-refractivity contribution in [2.45, 2.75) is 49.9 Å². The molecule has 10 heteroatoms. The van der Waals surface area contributed by atoms with Crippen LogP contribution in [0.4, 0.5) is 0 Å². The third-order valence-corrected chi connectivity index (χ3v) is 6.01. The molecule has 1 aliphatic rings. The van der Waals surface area contributed by atoms with Gasteiger partial charge in [-0.15, -0.1) is 0 Å². The molecular weight excluding hydrogens is 464 g/mol. The minimum absolute atomic E-state index is 0.0671. The Morgan fingerprint density at radius 2 is 1.33 bits per heavy atom. The number of rotatable bonds is 12. The molecule has 10 nitrogen and oxygen atoms in total. The predicted octanol–water partition coefficient (Wildman–Crippen LogP) is -0.245. The van der Waals surface area contributed by atoms with Crippen LogP contribution in [0.1, 0.15) is 24.0 Å². The highest BCUT2D eigenvalue weighted by molar-refractivity contribution is 5.94. The van der Waals surface area contributed by atoms with Crippen molar-refractivity contribution < 1.29 is 29.4 Å². The van der Waals surface area contributed by atoms with Crippen molar-refractivity contribution in [2.24, 2.45) is 0 Å². The van der Waals surface area contributed by atoms with Gasteiger partial charge in [-0.05, 0) is 30.5 Å². The van der Waals surface area contributed by atoms with Gasteiger partial charge in [-0.1, -0.05) is 60.7 Å². The van der Waals surface area contributed by atoms with Gasteiger partial charge in [-0.2, -0.15) is 0 Å². The van der Waals surface area contributed by atoms with E-state index in [9.17, 15) is 29.4 Å². The van der Waals surface area contributed by atoms with Crippen LogP contribution in [0.15, 0.2) is 60.7 Å². The Hall–Kier alpha value is -3.76. The molecule has 1 fully saturated rings. The molecule has 3 amide bonds. The fourth-order valence-electron chi connectivity index (χ4n) is 4.03. The Kier molecular flexibility index (Phi) is 9.96. The Balaban J connectivity index is 1.72. The zero-order chi connectivity index (χ0) is 25.9. The molecular formula is C26H32N4O6. The standard InChI is InChI=1S/C26H32N4O6/c31-16-22(30-23(32)19-12-7-13-27-19)25(34)28-20(14-17-8-3-1-4-9-17)24(33)29-21(26(35)36)15-18-10-5-2-6-11-18/h1-6,8-11,19-22,27,31H,7,12-16H2,(H,28,34)(H,29,33)(H,30,32)(H,35,36). The lowest BCUT2D eigenvalue weighted by molar-refractivity contribution is -0.142. The molecule has 192 valence electrons. The van der Waals surface area contributed by atoms with Gasteiger partial charge in [-0.3, -0.25) is 14.4 Å². The molecule has 2 aromatic rings. The average molecular weight is 497 g/mol. The number of benzene rings is 2. The van der Waals surface area contributed by atoms with Gasteiger partial charge in [0, 0.05) is 12.8 Å². The smallest absolute Gasteiger partial charge is 0.326 e. The Morgan fingerprint density at radius 1 is 0.806 bits per heavy atom. The number of amides is 3. The maximum absolute atomic E-state index is 13.2. The molecule has 0 radical (unpaired) electrons. The van der Waals surface area contributed by atoms with Crippen molar-refractivity contribution in [1.29, 1.82) is 0 Å². The van der Waals surface area contributed by atoms with E-state index >= 15 is 0 Å². The summed E-state index contributed by atoms with van der Waals surface area (Å²) in [5.41, 5.74) is 1.48. The molecule has 0 spiro atoms. The van der Waals surface area contributed by atoms with Crippen LogP contribution in [-0.2, 0) is 32.0 Å². The van der Waals surface area contributed by atoms with Gasteiger partial charge < -0.3 is 31.5 Å². The minimum Gasteiger partial charge on any atom is -0.480 e. The molecule has 6 N–H and O–H groups in total. The second-order valence-electron chi connectivity index (χ2n) is 8.73. The van der Waals surface area contributed by atoms with Crippen molar-refractivity contribution in [3.05, 3.63) is 71.8 Å². The third-order valence-electron chi connectivity index (χ3n) is 6.01. The first-order chi connectivity index (χ1) is 17.4. The maximum Gasteiger partial charge on any atom is 0.326 e. The number of aliphatic carboxylic acids is 1. The highest BCUT2D eigenvalue weighted by Crippen LogP contribution is 2.08. The van der Waals surface area contributed by atoms with E-state index in [0.717, 1.165) is 17.5 Å². The van der Waals surface area contributed by atoms with Crippen molar-refractivity contribution in [3.8, 4) is 0 Å². The van der Waals surface area contributed by atoms with E-state index in [1.807, 2.05) is 12.1 Å². The van der Waals surface area contributed by atoms with Gasteiger partial charge in [0.15, 0.2) is 0 Å². The predicted molar refractivity (Wildman–Crippen MR) is 132 cm³/mol. The maximum atomic E-state index is 13.2. The quantitative estimate of drug-likeness (QED) is 0.237. The molecule has 0 bridgehead atoms. The summed E-state index contributed by atoms with van der Waals surface area (Å²) in [6.07, 6.45) is 1.62. The molecule has 0 saturated carbocycles. The van der Waals surface area contributed by atoms with Crippen LogP contribution in [0.2, 0.25) is 0 Å². The number of nitrogens with one attached hydrogen (secondary N) is 4. The zero-order valence-electron chi connectivity index (χ0n) is 19.9. The summed E-state index contributed by atoms with van der Waals surface area (Å²) in [6.45, 7) is 0.0385. The van der Waals surface area contributed by atoms with E-state index in [1.165, 1.54) is 0 Å². The molecule has 1 heterocycles. The van der Waals surface area contributed by atoms with Crippen molar-refractivity contribution >= 4 is 23.7 Å². The second kappa shape index (κ2) is 13.4. The number of carbonyl (C=O) groups is 4. The molecule has 1 aliphatic heterocycles. The third kappa shape index (κ3) is 7.89. The normalized spacial score (nSPS) is 17.4. The lowest BCUT2D eigenvalue weighted by Crippen LogP contribution is -2.58. The number of carboxylic acids is 1. The summed E-state index contributed by atoms with van der Waals surface area (Å²) in [6, 6.07) is 13.8. The first kappa shape index (κ1) is 26.8. The van der Waals surface area contributed by atoms with Crippen molar-refractivity contribution in [1.82, 2.24) is 21.3 Å². The van der Waals surface area contributed by atoms with Crippen LogP contribution in [0, 0.1) is 0 Å². The summed E-state index contributed by atoms with van der Waals surface area (Å²) < 4.78 is 0. The van der Waals surface area contributed by atoms with Gasteiger partial charge in [0.25, 0.3) is 0 Å². The van der Waals surface area contributed by atoms with Gasteiger partial charge in [0.2, 0.25) is 17.7 Å². The number of carboxylic acid groups (broad SMARTS) is 1. The van der Waals surface area contributed by atoms with Gasteiger partial charge in [0.05, 0.1) is 12.6 Å². The lowest BCUT2D eigenvalue weighted by Gasteiger charge is -2.24. The van der Waals surface area contributed by atoms with E-state index in [0.29, 0.717) is 13.0 Å². The van der Waals surface area contributed by atoms with Gasteiger partial charge >= 0.3 is 5.97 Å². The summed E-state index contributed by atoms with van der Waals surface area (Å²) in [7, 11) is 0. The number of hydrogen-bond acceptors (Lipinski definition) is 6. The number of carbonyl (C=O) groups excluding carboxylic acids is 3. The van der Waals surface area contributed by atoms with E-state index < -0.39 is 54.5 Å². The van der Waals surface area contributed by atoms with E-state index in [2.05, 4.69) is 21.3 Å². The fourth-order valence-corrected chi connectivity index (χ4v) is 4.03. The molecule has 4 atom stereocenters. The lowest BCUT2D eigenvalue weighted by atomic mass is 10.0. The molecule has 36 heavy (non-hydrogen) atoms. The fraction of sp³-hybridized carbons (Fsp3) is 0.385. The molecule has 0 aliphatic carbocycles. The summed E-state index contributed by atoms with van der Waals surface area (Å²) in [5.74, 6) is -3.04. The molecule has 2 aromatic carbocycles. The van der Waals surface area contributed by atoms with Crippen molar-refractivity contribution in [2.75, 3.05) is 13.2 Å². The van der Waals surface area contributed by atoms with Crippen LogP contribution in [-0.4, -0.2) is 71.2 Å². The number of hydrogen-bond donors (Lipinski definition) is 6. The SMILES string of the molecule is O=C(O)C(Cc1ccccc1)NC(=O)C(Cc1ccccc1)NC(=O)C(CO)NC(=O)C1CCCN1. The highest BCUT2D eigenvalue weighted by Gasteiger charge is 2.31. The monoisotopic (exact) mass is 496 g/mol. The highest BCUT2D eigenvalue weighted by atomic mass is 16.4. The van der Waals surface area contributed by atoms with Gasteiger partial charge in [-0.25, -0.2) is 4.79 Å². The molecule has 4 unspecified atom stereocenters. The summed E-state index contributed by atoms with van der Waals surface area (Å²) in [5, 5.41) is 30.1. The largest absolute Gasteiger partial charge is 0.480 e. The van der Waals surface area contributed by atoms with E-state index in [-0.39, 0.29) is 12.8 Å².